The second-order valence-electron chi connectivity index (χ2n) is 6.07. The van der Waals surface area contributed by atoms with Crippen molar-refractivity contribution in [1.82, 2.24) is 25.4 Å². The van der Waals surface area contributed by atoms with Crippen LogP contribution in [0.15, 0.2) is 66.3 Å². The van der Waals surface area contributed by atoms with Gasteiger partial charge >= 0.3 is 6.03 Å². The Morgan fingerprint density at radius 3 is 2.85 bits per heavy atom. The number of urea groups is 1. The third-order valence-corrected chi connectivity index (χ3v) is 5.11. The summed E-state index contributed by atoms with van der Waals surface area (Å²) in [7, 11) is 0. The molecule has 2 aromatic heterocycles. The molecule has 0 saturated carbocycles. The van der Waals surface area contributed by atoms with Crippen molar-refractivity contribution >= 4 is 28.1 Å². The highest BCUT2D eigenvalue weighted by Gasteiger charge is 2.06. The van der Waals surface area contributed by atoms with Gasteiger partial charge in [0, 0.05) is 37.3 Å². The van der Waals surface area contributed by atoms with Crippen LogP contribution in [0.2, 0.25) is 0 Å². The molecule has 4 rings (SSSR count). The number of carbonyl (C=O) groups is 1. The maximum absolute atomic E-state index is 12.1. The number of amides is 2. The smallest absolute Gasteiger partial charge is 0.315 e. The Bertz CT molecular complexity index is 1040. The van der Waals surface area contributed by atoms with E-state index < -0.39 is 0 Å². The van der Waals surface area contributed by atoms with Gasteiger partial charge in [-0.2, -0.15) is 5.10 Å². The molecule has 0 aliphatic rings. The first kappa shape index (κ1) is 17.2. The summed E-state index contributed by atoms with van der Waals surface area (Å²) in [6.07, 6.45) is 4.27. The first-order valence-electron chi connectivity index (χ1n) is 8.72. The van der Waals surface area contributed by atoms with Crippen LogP contribution in [0.5, 0.6) is 0 Å². The summed E-state index contributed by atoms with van der Waals surface area (Å²) in [6, 6.07) is 16.0. The first-order valence-corrected chi connectivity index (χ1v) is 9.60. The SMILES string of the molecule is O=C(NCCc1csc(-n2cccn2)n1)NCc1cccc2ccccc12. The Hall–Kier alpha value is -3.19. The fraction of sp³-hybridized carbons (Fsp3) is 0.150. The van der Waals surface area contributed by atoms with Crippen molar-refractivity contribution in [3.63, 3.8) is 0 Å². The molecule has 2 amide bonds. The third-order valence-electron chi connectivity index (χ3n) is 4.23. The monoisotopic (exact) mass is 377 g/mol. The molecule has 27 heavy (non-hydrogen) atoms. The summed E-state index contributed by atoms with van der Waals surface area (Å²) in [4.78, 5) is 16.6. The lowest BCUT2D eigenvalue weighted by Crippen LogP contribution is -2.36. The zero-order chi connectivity index (χ0) is 18.5. The van der Waals surface area contributed by atoms with Gasteiger partial charge in [-0.15, -0.1) is 11.3 Å². The van der Waals surface area contributed by atoms with E-state index in [9.17, 15) is 4.79 Å². The van der Waals surface area contributed by atoms with Gasteiger partial charge < -0.3 is 10.6 Å². The molecule has 0 aliphatic heterocycles. The van der Waals surface area contributed by atoms with Gasteiger partial charge in [-0.05, 0) is 22.4 Å². The zero-order valence-electron chi connectivity index (χ0n) is 14.6. The molecule has 4 aromatic rings. The molecule has 0 aliphatic carbocycles. The molecule has 0 radical (unpaired) electrons. The second kappa shape index (κ2) is 8.01. The number of hydrogen-bond acceptors (Lipinski definition) is 4. The van der Waals surface area contributed by atoms with E-state index in [1.54, 1.807) is 10.9 Å². The molecule has 2 aromatic carbocycles. The third kappa shape index (κ3) is 4.15. The van der Waals surface area contributed by atoms with E-state index in [0.29, 0.717) is 19.5 Å². The van der Waals surface area contributed by atoms with Gasteiger partial charge in [-0.25, -0.2) is 14.5 Å². The van der Waals surface area contributed by atoms with E-state index in [1.165, 1.54) is 16.7 Å². The van der Waals surface area contributed by atoms with Gasteiger partial charge in [0.05, 0.1) is 5.69 Å². The standard InChI is InChI=1S/C20H19N5OS/c26-19(22-13-16-7-3-6-15-5-1-2-8-18(15)16)21-11-9-17-14-27-20(24-17)25-12-4-10-23-25/h1-8,10,12,14H,9,11,13H2,(H2,21,22,26). The molecule has 6 nitrogen and oxygen atoms in total. The molecule has 0 atom stereocenters. The quantitative estimate of drug-likeness (QED) is 0.540. The van der Waals surface area contributed by atoms with Crippen LogP contribution < -0.4 is 10.6 Å². The summed E-state index contributed by atoms with van der Waals surface area (Å²) in [5, 5.41) is 15.1. The lowest BCUT2D eigenvalue weighted by atomic mass is 10.0. The molecular formula is C20H19N5OS. The van der Waals surface area contributed by atoms with Crippen LogP contribution in [-0.2, 0) is 13.0 Å². The maximum atomic E-state index is 12.1. The van der Waals surface area contributed by atoms with Crippen LogP contribution >= 0.6 is 11.3 Å². The van der Waals surface area contributed by atoms with Gasteiger partial charge in [-0.1, -0.05) is 42.5 Å². The average Bonchev–Trinajstić information content (AvgIpc) is 3.38. The molecule has 0 bridgehead atoms. The molecule has 136 valence electrons. The van der Waals surface area contributed by atoms with Crippen molar-refractivity contribution in [1.29, 1.82) is 0 Å². The van der Waals surface area contributed by atoms with E-state index in [-0.39, 0.29) is 6.03 Å². The number of carbonyl (C=O) groups excluding carboxylic acids is 1. The number of rotatable bonds is 6. The minimum atomic E-state index is -0.175. The van der Waals surface area contributed by atoms with Crippen LogP contribution in [0.4, 0.5) is 4.79 Å². The Morgan fingerprint density at radius 1 is 1.07 bits per heavy atom. The van der Waals surface area contributed by atoms with E-state index in [0.717, 1.165) is 21.8 Å². The highest BCUT2D eigenvalue weighted by atomic mass is 32.1. The Morgan fingerprint density at radius 2 is 1.96 bits per heavy atom. The van der Waals surface area contributed by atoms with Gasteiger partial charge in [0.2, 0.25) is 5.13 Å². The van der Waals surface area contributed by atoms with Gasteiger partial charge in [0.1, 0.15) is 0 Å². The number of nitrogens with one attached hydrogen (secondary N) is 2. The van der Waals surface area contributed by atoms with E-state index >= 15 is 0 Å². The predicted octanol–water partition coefficient (Wildman–Crippen LogP) is 3.52. The van der Waals surface area contributed by atoms with E-state index in [2.05, 4.69) is 38.9 Å². The van der Waals surface area contributed by atoms with Crippen molar-refractivity contribution < 1.29 is 4.79 Å². The van der Waals surface area contributed by atoms with Gasteiger partial charge in [0.25, 0.3) is 0 Å². The Kier molecular flexibility index (Phi) is 5.11. The topological polar surface area (TPSA) is 71.8 Å². The first-order chi connectivity index (χ1) is 13.3. The van der Waals surface area contributed by atoms with Crippen molar-refractivity contribution in [2.45, 2.75) is 13.0 Å². The highest BCUT2D eigenvalue weighted by molar-refractivity contribution is 7.12. The summed E-state index contributed by atoms with van der Waals surface area (Å²) in [5.74, 6) is 0. The molecule has 0 unspecified atom stereocenters. The van der Waals surface area contributed by atoms with E-state index in [1.807, 2.05) is 41.9 Å². The molecule has 2 N–H and O–H groups in total. The van der Waals surface area contributed by atoms with Gasteiger partial charge in [0.15, 0.2) is 0 Å². The van der Waals surface area contributed by atoms with Crippen molar-refractivity contribution in [2.24, 2.45) is 0 Å². The van der Waals surface area contributed by atoms with Gasteiger partial charge in [-0.3, -0.25) is 0 Å². The van der Waals surface area contributed by atoms with Crippen LogP contribution in [-0.4, -0.2) is 27.3 Å². The second-order valence-corrected chi connectivity index (χ2v) is 6.91. The minimum absolute atomic E-state index is 0.175. The van der Waals surface area contributed by atoms with Crippen LogP contribution in [0, 0.1) is 0 Å². The molecular weight excluding hydrogens is 358 g/mol. The maximum Gasteiger partial charge on any atom is 0.315 e. The van der Waals surface area contributed by atoms with Crippen molar-refractivity contribution in [3.05, 3.63) is 77.6 Å². The molecule has 0 spiro atoms. The summed E-state index contributed by atoms with van der Waals surface area (Å²) in [6.45, 7) is 1.02. The van der Waals surface area contributed by atoms with Crippen LogP contribution in [0.25, 0.3) is 15.9 Å². The number of hydrogen-bond donors (Lipinski definition) is 2. The number of benzene rings is 2. The summed E-state index contributed by atoms with van der Waals surface area (Å²) < 4.78 is 1.73. The zero-order valence-corrected chi connectivity index (χ0v) is 15.4. The summed E-state index contributed by atoms with van der Waals surface area (Å²) in [5.41, 5.74) is 2.05. The van der Waals surface area contributed by atoms with Crippen molar-refractivity contribution in [3.8, 4) is 5.13 Å². The largest absolute Gasteiger partial charge is 0.338 e. The minimum Gasteiger partial charge on any atom is -0.338 e. The molecule has 2 heterocycles. The van der Waals surface area contributed by atoms with E-state index in [4.69, 9.17) is 0 Å². The Balaban J connectivity index is 1.26. The highest BCUT2D eigenvalue weighted by Crippen LogP contribution is 2.18. The molecule has 0 fully saturated rings. The Labute approximate surface area is 160 Å². The lowest BCUT2D eigenvalue weighted by Gasteiger charge is -2.09. The van der Waals surface area contributed by atoms with Crippen molar-refractivity contribution in [2.75, 3.05) is 6.54 Å². The fourth-order valence-electron chi connectivity index (χ4n) is 2.89. The number of nitrogens with zero attached hydrogens (tertiary/aromatic N) is 3. The lowest BCUT2D eigenvalue weighted by molar-refractivity contribution is 0.240. The summed E-state index contributed by atoms with van der Waals surface area (Å²) >= 11 is 1.54. The number of thiazole rings is 1. The predicted molar refractivity (Wildman–Crippen MR) is 107 cm³/mol. The van der Waals surface area contributed by atoms with Crippen LogP contribution in [0.1, 0.15) is 11.3 Å². The average molecular weight is 377 g/mol. The normalized spacial score (nSPS) is 10.8. The number of aromatic nitrogens is 3. The number of fused-ring (bicyclic) bond motifs is 1. The van der Waals surface area contributed by atoms with Crippen LogP contribution in [0.3, 0.4) is 0 Å². The molecule has 7 heteroatoms. The fourth-order valence-corrected chi connectivity index (χ4v) is 3.69. The molecule has 0 saturated heterocycles.